The molecule has 0 saturated heterocycles. The van der Waals surface area contributed by atoms with Crippen LogP contribution in [0.3, 0.4) is 0 Å². The topological polar surface area (TPSA) is 49.3 Å². The van der Waals surface area contributed by atoms with Gasteiger partial charge in [0, 0.05) is 16.8 Å². The number of nitrogens with one attached hydrogen (secondary N) is 1. The molecule has 1 atom stereocenters. The van der Waals surface area contributed by atoms with Crippen molar-refractivity contribution in [1.82, 2.24) is 0 Å². The summed E-state index contributed by atoms with van der Waals surface area (Å²) < 4.78 is 0. The fraction of sp³-hybridized carbons (Fsp3) is 0.364. The van der Waals surface area contributed by atoms with Gasteiger partial charge >= 0.3 is 5.97 Å². The molecule has 0 aromatic heterocycles. The number of rotatable bonds is 2. The summed E-state index contributed by atoms with van der Waals surface area (Å²) in [5.74, 6) is -0.759. The normalized spacial score (nSPS) is 19.1. The molecule has 15 heavy (non-hydrogen) atoms. The van der Waals surface area contributed by atoms with Crippen LogP contribution in [0, 0.1) is 0 Å². The minimum atomic E-state index is -0.759. The number of hydrogen-bond acceptors (Lipinski definition) is 2. The molecular formula is C11H12ClNO2. The quantitative estimate of drug-likeness (QED) is 0.813. The van der Waals surface area contributed by atoms with Gasteiger partial charge in [0.15, 0.2) is 0 Å². The molecule has 80 valence electrons. The lowest BCUT2D eigenvalue weighted by Crippen LogP contribution is -2.27. The van der Waals surface area contributed by atoms with Crippen molar-refractivity contribution in [1.29, 1.82) is 0 Å². The van der Waals surface area contributed by atoms with Crippen LogP contribution in [0.1, 0.15) is 18.4 Å². The molecule has 1 aromatic rings. The number of anilines is 1. The van der Waals surface area contributed by atoms with Crippen molar-refractivity contribution in [2.24, 2.45) is 0 Å². The van der Waals surface area contributed by atoms with E-state index in [1.807, 2.05) is 18.2 Å². The molecular weight excluding hydrogens is 214 g/mol. The first kappa shape index (κ1) is 10.3. The molecule has 0 bridgehead atoms. The molecule has 1 aromatic carbocycles. The van der Waals surface area contributed by atoms with Gasteiger partial charge in [-0.15, -0.1) is 0 Å². The molecule has 0 fully saturated rings. The lowest BCUT2D eigenvalue weighted by Gasteiger charge is -2.26. The third-order valence-corrected chi connectivity index (χ3v) is 2.85. The summed E-state index contributed by atoms with van der Waals surface area (Å²) >= 11 is 5.88. The number of carboxylic acid groups (broad SMARTS) is 1. The summed E-state index contributed by atoms with van der Waals surface area (Å²) in [4.78, 5) is 10.6. The number of halogens is 1. The number of aliphatic carboxylic acids is 1. The molecule has 2 rings (SSSR count). The number of hydrogen-bond donors (Lipinski definition) is 2. The molecule has 1 aliphatic rings. The highest BCUT2D eigenvalue weighted by Gasteiger charge is 2.19. The summed E-state index contributed by atoms with van der Waals surface area (Å²) in [5.41, 5.74) is 2.18. The van der Waals surface area contributed by atoms with E-state index >= 15 is 0 Å². The average Bonchev–Trinajstić information content (AvgIpc) is 2.17. The molecule has 1 unspecified atom stereocenters. The zero-order valence-electron chi connectivity index (χ0n) is 8.16. The molecule has 0 spiro atoms. The third-order valence-electron chi connectivity index (χ3n) is 2.61. The van der Waals surface area contributed by atoms with Gasteiger partial charge in [-0.1, -0.05) is 11.6 Å². The highest BCUT2D eigenvalue weighted by atomic mass is 35.5. The second-order valence-electron chi connectivity index (χ2n) is 3.78. The van der Waals surface area contributed by atoms with Crippen LogP contribution in [0.5, 0.6) is 0 Å². The first-order valence-electron chi connectivity index (χ1n) is 4.92. The van der Waals surface area contributed by atoms with E-state index in [1.165, 1.54) is 5.56 Å². The molecule has 4 heteroatoms. The van der Waals surface area contributed by atoms with Crippen molar-refractivity contribution in [3.63, 3.8) is 0 Å². The van der Waals surface area contributed by atoms with Crippen molar-refractivity contribution in [2.75, 3.05) is 5.32 Å². The highest BCUT2D eigenvalue weighted by molar-refractivity contribution is 6.30. The van der Waals surface area contributed by atoms with Gasteiger partial charge in [0.25, 0.3) is 0 Å². The maximum Gasteiger partial charge on any atom is 0.305 e. The smallest absolute Gasteiger partial charge is 0.305 e. The number of carboxylic acids is 1. The summed E-state index contributed by atoms with van der Waals surface area (Å²) in [6, 6.07) is 5.69. The molecule has 1 aliphatic heterocycles. The van der Waals surface area contributed by atoms with Crippen LogP contribution in [-0.2, 0) is 11.2 Å². The molecule has 0 aliphatic carbocycles. The number of carbonyl (C=O) groups is 1. The third kappa shape index (κ3) is 2.42. The molecule has 3 nitrogen and oxygen atoms in total. The molecule has 0 radical (unpaired) electrons. The maximum absolute atomic E-state index is 10.6. The van der Waals surface area contributed by atoms with Crippen LogP contribution in [0.15, 0.2) is 18.2 Å². The Morgan fingerprint density at radius 3 is 3.13 bits per heavy atom. The fourth-order valence-corrected chi connectivity index (χ4v) is 2.09. The van der Waals surface area contributed by atoms with Crippen LogP contribution in [-0.4, -0.2) is 17.1 Å². The molecule has 0 amide bonds. The number of benzene rings is 1. The Morgan fingerprint density at radius 1 is 1.60 bits per heavy atom. The van der Waals surface area contributed by atoms with Crippen molar-refractivity contribution in [3.05, 3.63) is 28.8 Å². The van der Waals surface area contributed by atoms with Gasteiger partial charge in [0.05, 0.1) is 6.42 Å². The van der Waals surface area contributed by atoms with E-state index in [4.69, 9.17) is 16.7 Å². The highest BCUT2D eigenvalue weighted by Crippen LogP contribution is 2.28. The Kier molecular flexibility index (Phi) is 2.82. The van der Waals surface area contributed by atoms with Crippen LogP contribution in [0.4, 0.5) is 5.69 Å². The monoisotopic (exact) mass is 225 g/mol. The Hall–Kier alpha value is -1.22. The number of fused-ring (bicyclic) bond motifs is 1. The van der Waals surface area contributed by atoms with E-state index in [1.54, 1.807) is 0 Å². The summed E-state index contributed by atoms with van der Waals surface area (Å²) in [6.45, 7) is 0. The van der Waals surface area contributed by atoms with Crippen molar-refractivity contribution in [3.8, 4) is 0 Å². The Bertz CT molecular complexity index is 392. The van der Waals surface area contributed by atoms with E-state index in [-0.39, 0.29) is 12.5 Å². The van der Waals surface area contributed by atoms with Crippen molar-refractivity contribution >= 4 is 23.3 Å². The Morgan fingerprint density at radius 2 is 2.40 bits per heavy atom. The zero-order valence-corrected chi connectivity index (χ0v) is 8.92. The van der Waals surface area contributed by atoms with E-state index in [0.29, 0.717) is 0 Å². The van der Waals surface area contributed by atoms with Crippen LogP contribution >= 0.6 is 11.6 Å². The summed E-state index contributed by atoms with van der Waals surface area (Å²) in [6.07, 6.45) is 1.91. The minimum Gasteiger partial charge on any atom is -0.481 e. The zero-order chi connectivity index (χ0) is 10.8. The second-order valence-corrected chi connectivity index (χ2v) is 4.22. The summed E-state index contributed by atoms with van der Waals surface area (Å²) in [7, 11) is 0. The van der Waals surface area contributed by atoms with Crippen molar-refractivity contribution in [2.45, 2.75) is 25.3 Å². The second kappa shape index (κ2) is 4.11. The minimum absolute atomic E-state index is 0.0381. The van der Waals surface area contributed by atoms with Gasteiger partial charge in [0.2, 0.25) is 0 Å². The van der Waals surface area contributed by atoms with E-state index < -0.39 is 5.97 Å². The van der Waals surface area contributed by atoms with E-state index in [2.05, 4.69) is 5.32 Å². The first-order valence-corrected chi connectivity index (χ1v) is 5.29. The fourth-order valence-electron chi connectivity index (χ4n) is 1.90. The lowest BCUT2D eigenvalue weighted by molar-refractivity contribution is -0.137. The predicted molar refractivity (Wildman–Crippen MR) is 59.4 cm³/mol. The molecule has 1 heterocycles. The maximum atomic E-state index is 10.6. The van der Waals surface area contributed by atoms with Gasteiger partial charge in [-0.25, -0.2) is 0 Å². The predicted octanol–water partition coefficient (Wildman–Crippen LogP) is 2.54. The Balaban J connectivity index is 2.13. The standard InChI is InChI=1S/C11H12ClNO2/c12-8-2-4-10-7(5-8)1-3-9(13-10)6-11(14)15/h2,4-5,9,13H,1,3,6H2,(H,14,15). The largest absolute Gasteiger partial charge is 0.481 e. The molecule has 2 N–H and O–H groups in total. The van der Waals surface area contributed by atoms with Crippen LogP contribution in [0.2, 0.25) is 5.02 Å². The van der Waals surface area contributed by atoms with Gasteiger partial charge < -0.3 is 10.4 Å². The Labute approximate surface area is 93.1 Å². The van der Waals surface area contributed by atoms with Gasteiger partial charge in [-0.2, -0.15) is 0 Å². The van der Waals surface area contributed by atoms with E-state index in [0.717, 1.165) is 23.6 Å². The van der Waals surface area contributed by atoms with Gasteiger partial charge in [-0.05, 0) is 36.6 Å². The lowest BCUT2D eigenvalue weighted by atomic mass is 9.96. The SMILES string of the molecule is O=C(O)CC1CCc2cc(Cl)ccc2N1. The van der Waals surface area contributed by atoms with Gasteiger partial charge in [0.1, 0.15) is 0 Å². The van der Waals surface area contributed by atoms with Gasteiger partial charge in [-0.3, -0.25) is 4.79 Å². The van der Waals surface area contributed by atoms with Crippen LogP contribution in [0.25, 0.3) is 0 Å². The summed E-state index contributed by atoms with van der Waals surface area (Å²) in [5, 5.41) is 12.6. The van der Waals surface area contributed by atoms with Crippen LogP contribution < -0.4 is 5.32 Å². The van der Waals surface area contributed by atoms with Crippen molar-refractivity contribution < 1.29 is 9.90 Å². The average molecular weight is 226 g/mol. The first-order chi connectivity index (χ1) is 7.15. The van der Waals surface area contributed by atoms with E-state index in [9.17, 15) is 4.79 Å². The number of aryl methyl sites for hydroxylation is 1. The molecule has 0 saturated carbocycles.